The highest BCUT2D eigenvalue weighted by Crippen LogP contribution is 2.12. The van der Waals surface area contributed by atoms with Crippen molar-refractivity contribution in [1.29, 1.82) is 0 Å². The van der Waals surface area contributed by atoms with Crippen molar-refractivity contribution in [1.82, 2.24) is 9.36 Å². The Morgan fingerprint density at radius 1 is 1.29 bits per heavy atom. The van der Waals surface area contributed by atoms with E-state index in [9.17, 15) is 0 Å². The summed E-state index contributed by atoms with van der Waals surface area (Å²) in [5.41, 5.74) is 2.74. The summed E-state index contributed by atoms with van der Waals surface area (Å²) in [6.07, 6.45) is 1.92. The Morgan fingerprint density at radius 3 is 2.82 bits per heavy atom. The summed E-state index contributed by atoms with van der Waals surface area (Å²) >= 11 is 1.44. The van der Waals surface area contributed by atoms with Gasteiger partial charge in [0.15, 0.2) is 0 Å². The van der Waals surface area contributed by atoms with E-state index in [1.807, 2.05) is 0 Å². The molecule has 1 N–H and O–H groups in total. The van der Waals surface area contributed by atoms with Crippen molar-refractivity contribution >= 4 is 16.7 Å². The number of rotatable bonds is 5. The van der Waals surface area contributed by atoms with Gasteiger partial charge >= 0.3 is 0 Å². The number of benzene rings is 1. The second kappa shape index (κ2) is 5.77. The van der Waals surface area contributed by atoms with Gasteiger partial charge in [-0.2, -0.15) is 4.37 Å². The van der Waals surface area contributed by atoms with E-state index in [0.717, 1.165) is 30.3 Å². The number of hydrogen-bond acceptors (Lipinski definition) is 4. The Hall–Kier alpha value is -1.42. The van der Waals surface area contributed by atoms with Crippen LogP contribution in [-0.4, -0.2) is 15.9 Å². The van der Waals surface area contributed by atoms with Crippen LogP contribution in [0.4, 0.5) is 5.13 Å². The lowest BCUT2D eigenvalue weighted by Crippen LogP contribution is -2.05. The van der Waals surface area contributed by atoms with E-state index >= 15 is 0 Å². The van der Waals surface area contributed by atoms with Crippen molar-refractivity contribution < 1.29 is 0 Å². The molecule has 1 heterocycles. The van der Waals surface area contributed by atoms with Gasteiger partial charge in [0.2, 0.25) is 5.13 Å². The van der Waals surface area contributed by atoms with Crippen molar-refractivity contribution in [3.05, 3.63) is 41.2 Å². The number of anilines is 1. The number of aromatic nitrogens is 2. The molecular formula is C13H17N3S. The summed E-state index contributed by atoms with van der Waals surface area (Å²) in [7, 11) is 0. The molecule has 0 amide bonds. The van der Waals surface area contributed by atoms with Gasteiger partial charge < -0.3 is 5.32 Å². The van der Waals surface area contributed by atoms with Gasteiger partial charge in [0.1, 0.15) is 5.82 Å². The predicted molar refractivity (Wildman–Crippen MR) is 72.7 cm³/mol. The highest BCUT2D eigenvalue weighted by atomic mass is 32.1. The minimum atomic E-state index is 0.899. The van der Waals surface area contributed by atoms with E-state index in [2.05, 4.69) is 52.8 Å². The maximum atomic E-state index is 4.38. The van der Waals surface area contributed by atoms with Crippen LogP contribution in [0, 0.1) is 6.92 Å². The lowest BCUT2D eigenvalue weighted by atomic mass is 10.1. The Labute approximate surface area is 106 Å². The molecule has 0 aliphatic rings. The molecule has 0 aliphatic carbocycles. The van der Waals surface area contributed by atoms with Crippen LogP contribution < -0.4 is 5.32 Å². The molecule has 1 aromatic heterocycles. The van der Waals surface area contributed by atoms with Crippen molar-refractivity contribution in [2.24, 2.45) is 0 Å². The molecule has 0 saturated carbocycles. The molecule has 1 aromatic carbocycles. The molecule has 17 heavy (non-hydrogen) atoms. The third-order valence-electron chi connectivity index (χ3n) is 2.72. The molecule has 4 heteroatoms. The van der Waals surface area contributed by atoms with Gasteiger partial charge in [-0.05, 0) is 24.5 Å². The number of nitrogens with zero attached hydrogens (tertiary/aromatic N) is 2. The fraction of sp³-hybridized carbons (Fsp3) is 0.385. The highest BCUT2D eigenvalue weighted by molar-refractivity contribution is 7.09. The standard InChI is InChI=1S/C13H17N3S/c1-3-12-15-13(17-16-12)14-9-8-11-7-5-4-6-10(11)2/h4-7H,3,8-9H2,1-2H3,(H,14,15,16). The first kappa shape index (κ1) is 12.0. The van der Waals surface area contributed by atoms with Gasteiger partial charge in [-0.3, -0.25) is 0 Å². The van der Waals surface area contributed by atoms with Crippen LogP contribution >= 0.6 is 11.5 Å². The average Bonchev–Trinajstić information content (AvgIpc) is 2.80. The normalized spacial score (nSPS) is 10.5. The predicted octanol–water partition coefficient (Wildman–Crippen LogP) is 3.06. The third kappa shape index (κ3) is 3.27. The van der Waals surface area contributed by atoms with Crippen molar-refractivity contribution in [2.75, 3.05) is 11.9 Å². The van der Waals surface area contributed by atoms with Gasteiger partial charge in [-0.1, -0.05) is 31.2 Å². The molecule has 0 spiro atoms. The second-order valence-corrected chi connectivity index (χ2v) is 4.72. The van der Waals surface area contributed by atoms with Crippen LogP contribution in [0.3, 0.4) is 0 Å². The quantitative estimate of drug-likeness (QED) is 0.882. The Balaban J connectivity index is 1.85. The summed E-state index contributed by atoms with van der Waals surface area (Å²) < 4.78 is 4.25. The van der Waals surface area contributed by atoms with Crippen LogP contribution in [0.5, 0.6) is 0 Å². The number of hydrogen-bond donors (Lipinski definition) is 1. The number of nitrogens with one attached hydrogen (secondary N) is 1. The van der Waals surface area contributed by atoms with Gasteiger partial charge in [-0.15, -0.1) is 0 Å². The minimum absolute atomic E-state index is 0.899. The molecule has 3 nitrogen and oxygen atoms in total. The lowest BCUT2D eigenvalue weighted by molar-refractivity contribution is 0.973. The maximum Gasteiger partial charge on any atom is 0.202 e. The van der Waals surface area contributed by atoms with E-state index < -0.39 is 0 Å². The van der Waals surface area contributed by atoms with Gasteiger partial charge in [-0.25, -0.2) is 4.98 Å². The van der Waals surface area contributed by atoms with Crippen molar-refractivity contribution in [2.45, 2.75) is 26.7 Å². The minimum Gasteiger partial charge on any atom is -0.360 e. The first-order valence-corrected chi connectivity index (χ1v) is 6.68. The highest BCUT2D eigenvalue weighted by Gasteiger charge is 2.01. The zero-order valence-electron chi connectivity index (χ0n) is 10.2. The van der Waals surface area contributed by atoms with Crippen LogP contribution in [0.2, 0.25) is 0 Å². The first-order valence-electron chi connectivity index (χ1n) is 5.90. The van der Waals surface area contributed by atoms with E-state index in [4.69, 9.17) is 0 Å². The molecule has 0 radical (unpaired) electrons. The molecule has 0 aliphatic heterocycles. The van der Waals surface area contributed by atoms with Crippen molar-refractivity contribution in [3.8, 4) is 0 Å². The van der Waals surface area contributed by atoms with E-state index in [1.165, 1.54) is 22.7 Å². The van der Waals surface area contributed by atoms with E-state index in [1.54, 1.807) is 0 Å². The monoisotopic (exact) mass is 247 g/mol. The topological polar surface area (TPSA) is 37.8 Å². The first-order chi connectivity index (χ1) is 8.29. The Bertz CT molecular complexity index is 479. The van der Waals surface area contributed by atoms with Gasteiger partial charge in [0.05, 0.1) is 0 Å². The molecular weight excluding hydrogens is 230 g/mol. The summed E-state index contributed by atoms with van der Waals surface area (Å²) in [5.74, 6) is 0.924. The fourth-order valence-electron chi connectivity index (χ4n) is 1.66. The van der Waals surface area contributed by atoms with Crippen molar-refractivity contribution in [3.63, 3.8) is 0 Å². The Kier molecular flexibility index (Phi) is 4.09. The van der Waals surface area contributed by atoms with Crippen LogP contribution in [0.15, 0.2) is 24.3 Å². The Morgan fingerprint density at radius 2 is 2.12 bits per heavy atom. The largest absolute Gasteiger partial charge is 0.360 e. The van der Waals surface area contributed by atoms with Gasteiger partial charge in [0, 0.05) is 24.5 Å². The van der Waals surface area contributed by atoms with Crippen LogP contribution in [-0.2, 0) is 12.8 Å². The molecule has 0 fully saturated rings. The van der Waals surface area contributed by atoms with E-state index in [0.29, 0.717) is 0 Å². The zero-order chi connectivity index (χ0) is 12.1. The molecule has 0 unspecified atom stereocenters. The molecule has 0 saturated heterocycles. The molecule has 2 aromatic rings. The molecule has 2 rings (SSSR count). The average molecular weight is 247 g/mol. The fourth-order valence-corrected chi connectivity index (χ4v) is 2.34. The van der Waals surface area contributed by atoms with Crippen LogP contribution in [0.1, 0.15) is 23.9 Å². The van der Waals surface area contributed by atoms with Gasteiger partial charge in [0.25, 0.3) is 0 Å². The van der Waals surface area contributed by atoms with E-state index in [-0.39, 0.29) is 0 Å². The molecule has 0 atom stereocenters. The third-order valence-corrected chi connectivity index (χ3v) is 3.43. The second-order valence-electron chi connectivity index (χ2n) is 3.97. The summed E-state index contributed by atoms with van der Waals surface area (Å²) in [6, 6.07) is 8.48. The number of aryl methyl sites for hydroxylation is 2. The van der Waals surface area contributed by atoms with Crippen LogP contribution in [0.25, 0.3) is 0 Å². The molecule has 90 valence electrons. The molecule has 0 bridgehead atoms. The smallest absolute Gasteiger partial charge is 0.202 e. The maximum absolute atomic E-state index is 4.38. The lowest BCUT2D eigenvalue weighted by Gasteiger charge is -2.05. The zero-order valence-corrected chi connectivity index (χ0v) is 11.0. The summed E-state index contributed by atoms with van der Waals surface area (Å²) in [4.78, 5) is 4.38. The summed E-state index contributed by atoms with van der Waals surface area (Å²) in [6.45, 7) is 5.12. The summed E-state index contributed by atoms with van der Waals surface area (Å²) in [5, 5.41) is 4.25. The SMILES string of the molecule is CCc1nsc(NCCc2ccccc2C)n1.